The summed E-state index contributed by atoms with van der Waals surface area (Å²) in [5.41, 5.74) is 1.91. The van der Waals surface area contributed by atoms with Gasteiger partial charge < -0.3 is 14.8 Å². The van der Waals surface area contributed by atoms with Crippen molar-refractivity contribution in [3.63, 3.8) is 0 Å². The number of ether oxygens (including phenoxy) is 2. The van der Waals surface area contributed by atoms with Crippen LogP contribution in [0.2, 0.25) is 10.0 Å². The fraction of sp³-hybridized carbons (Fsp3) is 0.478. The first-order valence-electron chi connectivity index (χ1n) is 10.5. The average molecular weight is 516 g/mol. The molecule has 0 spiro atoms. The number of rotatable bonds is 10. The van der Waals surface area contributed by atoms with Gasteiger partial charge in [-0.05, 0) is 62.7 Å². The molecule has 1 N–H and O–H groups in total. The fourth-order valence-corrected chi connectivity index (χ4v) is 4.80. The van der Waals surface area contributed by atoms with E-state index in [9.17, 15) is 0 Å². The van der Waals surface area contributed by atoms with Crippen molar-refractivity contribution >= 4 is 39.1 Å². The Bertz CT molecular complexity index is 830. The standard InChI is InChI=1S/C23H29BrCl2N2O2/c1-3-28-10-6-7-17(28)14-27-13-16-11-22(29-4-2)23(12-19(16)24)30-15-18-20(25)8-5-9-21(18)26/h5,8-9,11-12,17,27H,3-4,6-7,10,13-15H2,1-2H3. The Hall–Kier alpha value is -0.980. The molecule has 1 fully saturated rings. The Morgan fingerprint density at radius 3 is 2.57 bits per heavy atom. The lowest BCUT2D eigenvalue weighted by molar-refractivity contribution is 0.259. The van der Waals surface area contributed by atoms with Gasteiger partial charge in [-0.2, -0.15) is 0 Å². The van der Waals surface area contributed by atoms with Crippen molar-refractivity contribution in [1.82, 2.24) is 10.2 Å². The summed E-state index contributed by atoms with van der Waals surface area (Å²) in [7, 11) is 0. The molecular formula is C23H29BrCl2N2O2. The topological polar surface area (TPSA) is 33.7 Å². The highest BCUT2D eigenvalue weighted by Crippen LogP contribution is 2.35. The first kappa shape index (κ1) is 23.7. The van der Waals surface area contributed by atoms with Crippen LogP contribution in [0.3, 0.4) is 0 Å². The molecule has 4 nitrogen and oxygen atoms in total. The summed E-state index contributed by atoms with van der Waals surface area (Å²) in [5.74, 6) is 1.38. The lowest BCUT2D eigenvalue weighted by atomic mass is 10.1. The maximum absolute atomic E-state index is 6.27. The fourth-order valence-electron chi connectivity index (χ4n) is 3.83. The third kappa shape index (κ3) is 6.04. The zero-order chi connectivity index (χ0) is 21.5. The van der Waals surface area contributed by atoms with Crippen molar-refractivity contribution in [2.24, 2.45) is 0 Å². The highest BCUT2D eigenvalue weighted by atomic mass is 79.9. The van der Waals surface area contributed by atoms with E-state index < -0.39 is 0 Å². The van der Waals surface area contributed by atoms with Crippen molar-refractivity contribution in [1.29, 1.82) is 0 Å². The van der Waals surface area contributed by atoms with E-state index in [0.717, 1.165) is 41.0 Å². The van der Waals surface area contributed by atoms with Gasteiger partial charge in [-0.15, -0.1) is 0 Å². The second kappa shape index (κ2) is 11.6. The molecule has 0 aromatic heterocycles. The van der Waals surface area contributed by atoms with Gasteiger partial charge in [-0.1, -0.05) is 52.1 Å². The monoisotopic (exact) mass is 514 g/mol. The van der Waals surface area contributed by atoms with Crippen molar-refractivity contribution in [2.75, 3.05) is 26.2 Å². The third-order valence-electron chi connectivity index (χ3n) is 5.45. The minimum Gasteiger partial charge on any atom is -0.490 e. The summed E-state index contributed by atoms with van der Waals surface area (Å²) in [6.07, 6.45) is 2.56. The van der Waals surface area contributed by atoms with Crippen LogP contribution in [0.15, 0.2) is 34.8 Å². The molecule has 0 aliphatic carbocycles. The van der Waals surface area contributed by atoms with Crippen LogP contribution in [0, 0.1) is 0 Å². The molecule has 3 rings (SSSR count). The summed E-state index contributed by atoms with van der Waals surface area (Å²) < 4.78 is 12.9. The normalized spacial score (nSPS) is 16.8. The maximum atomic E-state index is 6.27. The number of nitrogens with zero attached hydrogens (tertiary/aromatic N) is 1. The second-order valence-corrected chi connectivity index (χ2v) is 9.04. The van der Waals surface area contributed by atoms with Crippen molar-refractivity contribution in [2.45, 2.75) is 45.9 Å². The predicted molar refractivity (Wildman–Crippen MR) is 128 cm³/mol. The Labute approximate surface area is 198 Å². The van der Waals surface area contributed by atoms with Gasteiger partial charge in [0.25, 0.3) is 0 Å². The zero-order valence-corrected chi connectivity index (χ0v) is 20.6. The Balaban J connectivity index is 1.67. The molecule has 2 aromatic rings. The molecule has 1 saturated heterocycles. The predicted octanol–water partition coefficient (Wildman–Crippen LogP) is 6.31. The van der Waals surface area contributed by atoms with Crippen molar-refractivity contribution < 1.29 is 9.47 Å². The molecule has 1 aliphatic heterocycles. The summed E-state index contributed by atoms with van der Waals surface area (Å²) in [5, 5.41) is 4.79. The smallest absolute Gasteiger partial charge is 0.162 e. The largest absolute Gasteiger partial charge is 0.490 e. The number of likely N-dealkylation sites (tertiary alicyclic amines) is 1. The highest BCUT2D eigenvalue weighted by Gasteiger charge is 2.22. The average Bonchev–Trinajstić information content (AvgIpc) is 3.18. The van der Waals surface area contributed by atoms with E-state index in [4.69, 9.17) is 32.7 Å². The van der Waals surface area contributed by atoms with E-state index in [0.29, 0.717) is 28.4 Å². The summed E-state index contributed by atoms with van der Waals surface area (Å²) in [6, 6.07) is 10.1. The molecule has 164 valence electrons. The van der Waals surface area contributed by atoms with Crippen LogP contribution in [0.1, 0.15) is 37.8 Å². The van der Waals surface area contributed by atoms with Crippen LogP contribution in [0.5, 0.6) is 11.5 Å². The van der Waals surface area contributed by atoms with Crippen LogP contribution < -0.4 is 14.8 Å². The van der Waals surface area contributed by atoms with Gasteiger partial charge in [0.1, 0.15) is 6.61 Å². The van der Waals surface area contributed by atoms with Crippen molar-refractivity contribution in [3.05, 3.63) is 56.0 Å². The molecular weight excluding hydrogens is 487 g/mol. The van der Waals surface area contributed by atoms with Crippen LogP contribution in [-0.2, 0) is 13.2 Å². The van der Waals surface area contributed by atoms with E-state index in [1.807, 2.05) is 37.3 Å². The molecule has 2 aromatic carbocycles. The van der Waals surface area contributed by atoms with E-state index in [1.54, 1.807) is 0 Å². The van der Waals surface area contributed by atoms with E-state index in [2.05, 4.69) is 33.1 Å². The Morgan fingerprint density at radius 1 is 1.13 bits per heavy atom. The van der Waals surface area contributed by atoms with Crippen LogP contribution >= 0.6 is 39.1 Å². The molecule has 1 heterocycles. The van der Waals surface area contributed by atoms with Gasteiger partial charge in [0.05, 0.1) is 6.61 Å². The molecule has 0 saturated carbocycles. The minimum absolute atomic E-state index is 0.275. The highest BCUT2D eigenvalue weighted by molar-refractivity contribution is 9.10. The lowest BCUT2D eigenvalue weighted by Crippen LogP contribution is -2.37. The van der Waals surface area contributed by atoms with Crippen molar-refractivity contribution in [3.8, 4) is 11.5 Å². The van der Waals surface area contributed by atoms with Crippen LogP contribution in [0.25, 0.3) is 0 Å². The lowest BCUT2D eigenvalue weighted by Gasteiger charge is -2.23. The summed E-state index contributed by atoms with van der Waals surface area (Å²) in [4.78, 5) is 2.55. The molecule has 1 aliphatic rings. The first-order valence-corrected chi connectivity index (χ1v) is 12.0. The SMILES string of the molecule is CCOc1cc(CNCC2CCCN2CC)c(Br)cc1OCc1c(Cl)cccc1Cl. The zero-order valence-electron chi connectivity index (χ0n) is 17.5. The van der Waals surface area contributed by atoms with Gasteiger partial charge in [0, 0.05) is 39.2 Å². The summed E-state index contributed by atoms with van der Waals surface area (Å²) >= 11 is 16.2. The van der Waals surface area contributed by atoms with E-state index in [-0.39, 0.29) is 6.61 Å². The number of hydrogen-bond acceptors (Lipinski definition) is 4. The van der Waals surface area contributed by atoms with E-state index in [1.165, 1.54) is 19.4 Å². The number of hydrogen-bond donors (Lipinski definition) is 1. The Kier molecular flexibility index (Phi) is 9.14. The van der Waals surface area contributed by atoms with Gasteiger partial charge in [-0.25, -0.2) is 0 Å². The van der Waals surface area contributed by atoms with Gasteiger partial charge in [-0.3, -0.25) is 4.90 Å². The number of halogens is 3. The number of likely N-dealkylation sites (N-methyl/N-ethyl adjacent to an activating group) is 1. The quantitative estimate of drug-likeness (QED) is 0.402. The van der Waals surface area contributed by atoms with Crippen LogP contribution in [0.4, 0.5) is 0 Å². The maximum Gasteiger partial charge on any atom is 0.162 e. The number of nitrogens with one attached hydrogen (secondary N) is 1. The molecule has 1 unspecified atom stereocenters. The second-order valence-electron chi connectivity index (χ2n) is 7.37. The van der Waals surface area contributed by atoms with Gasteiger partial charge in [0.15, 0.2) is 11.5 Å². The third-order valence-corrected chi connectivity index (χ3v) is 6.89. The molecule has 0 bridgehead atoms. The molecule has 0 radical (unpaired) electrons. The Morgan fingerprint density at radius 2 is 1.87 bits per heavy atom. The molecule has 30 heavy (non-hydrogen) atoms. The van der Waals surface area contributed by atoms with Gasteiger partial charge in [0.2, 0.25) is 0 Å². The summed E-state index contributed by atoms with van der Waals surface area (Å²) in [6.45, 7) is 9.13. The van der Waals surface area contributed by atoms with E-state index >= 15 is 0 Å². The molecule has 7 heteroatoms. The number of benzene rings is 2. The molecule has 1 atom stereocenters. The minimum atomic E-state index is 0.275. The van der Waals surface area contributed by atoms with Gasteiger partial charge >= 0.3 is 0 Å². The first-order chi connectivity index (χ1) is 14.5. The molecule has 0 amide bonds. The van der Waals surface area contributed by atoms with Crippen LogP contribution in [-0.4, -0.2) is 37.2 Å².